The maximum atomic E-state index is 12.2. The van der Waals surface area contributed by atoms with Crippen molar-refractivity contribution in [3.05, 3.63) is 0 Å². The van der Waals surface area contributed by atoms with E-state index in [0.717, 1.165) is 19.5 Å². The average Bonchev–Trinajstić information content (AvgIpc) is 2.72. The van der Waals surface area contributed by atoms with Crippen LogP contribution in [0.4, 0.5) is 4.79 Å². The minimum absolute atomic E-state index is 0.0803. The molecule has 0 bridgehead atoms. The van der Waals surface area contributed by atoms with Gasteiger partial charge in [-0.25, -0.2) is 4.79 Å². The molecule has 0 aliphatic carbocycles. The predicted molar refractivity (Wildman–Crippen MR) is 77.0 cm³/mol. The molecule has 5 nitrogen and oxygen atoms in total. The molecule has 0 spiro atoms. The van der Waals surface area contributed by atoms with Crippen molar-refractivity contribution in [1.29, 1.82) is 0 Å². The molecule has 0 saturated carbocycles. The molecule has 3 N–H and O–H groups in total. The summed E-state index contributed by atoms with van der Waals surface area (Å²) in [6.45, 7) is 7.93. The van der Waals surface area contributed by atoms with Crippen molar-refractivity contribution in [2.45, 2.75) is 44.7 Å². The van der Waals surface area contributed by atoms with Crippen molar-refractivity contribution >= 4 is 6.03 Å². The zero-order valence-corrected chi connectivity index (χ0v) is 12.5. The Balaban J connectivity index is 1.98. The quantitative estimate of drug-likeness (QED) is 0.794. The summed E-state index contributed by atoms with van der Waals surface area (Å²) in [5, 5.41) is 3.18. The monoisotopic (exact) mass is 268 g/mol. The topological polar surface area (TPSA) is 61.6 Å². The van der Waals surface area contributed by atoms with Crippen LogP contribution < -0.4 is 11.1 Å². The van der Waals surface area contributed by atoms with Gasteiger partial charge in [0.15, 0.2) is 0 Å². The summed E-state index contributed by atoms with van der Waals surface area (Å²) < 4.78 is 0. The van der Waals surface area contributed by atoms with Crippen LogP contribution in [0, 0.1) is 5.92 Å². The van der Waals surface area contributed by atoms with Crippen molar-refractivity contribution in [1.82, 2.24) is 15.1 Å². The van der Waals surface area contributed by atoms with E-state index in [1.165, 1.54) is 19.4 Å². The van der Waals surface area contributed by atoms with E-state index in [0.29, 0.717) is 18.5 Å². The molecule has 2 unspecified atom stereocenters. The minimum Gasteiger partial charge on any atom is -0.333 e. The highest BCUT2D eigenvalue weighted by molar-refractivity contribution is 5.77. The van der Waals surface area contributed by atoms with Crippen LogP contribution in [-0.2, 0) is 0 Å². The van der Waals surface area contributed by atoms with Crippen LogP contribution in [0.3, 0.4) is 0 Å². The molecule has 0 radical (unpaired) electrons. The van der Waals surface area contributed by atoms with E-state index in [4.69, 9.17) is 5.73 Å². The van der Waals surface area contributed by atoms with Crippen LogP contribution in [0.15, 0.2) is 0 Å². The number of rotatable bonds is 4. The number of likely N-dealkylation sites (tertiary alicyclic amines) is 1. The van der Waals surface area contributed by atoms with Gasteiger partial charge < -0.3 is 20.9 Å². The Morgan fingerprint density at radius 2 is 2.16 bits per heavy atom. The molecule has 2 heterocycles. The largest absolute Gasteiger partial charge is 0.333 e. The van der Waals surface area contributed by atoms with Gasteiger partial charge in [-0.15, -0.1) is 0 Å². The fourth-order valence-corrected chi connectivity index (χ4v) is 3.37. The summed E-state index contributed by atoms with van der Waals surface area (Å²) in [7, 11) is 2.17. The molecule has 0 aromatic carbocycles. The Bertz CT molecular complexity index is 331. The van der Waals surface area contributed by atoms with Crippen molar-refractivity contribution in [2.24, 2.45) is 11.7 Å². The van der Waals surface area contributed by atoms with Crippen molar-refractivity contribution in [3.8, 4) is 0 Å². The number of hydrogen-bond acceptors (Lipinski definition) is 3. The zero-order valence-electron chi connectivity index (χ0n) is 12.5. The molecule has 2 aliphatic rings. The smallest absolute Gasteiger partial charge is 0.318 e. The summed E-state index contributed by atoms with van der Waals surface area (Å²) in [6, 6.07) is 0.379. The summed E-state index contributed by atoms with van der Waals surface area (Å²) >= 11 is 0. The van der Waals surface area contributed by atoms with Gasteiger partial charge in [-0.1, -0.05) is 0 Å². The van der Waals surface area contributed by atoms with Crippen LogP contribution in [-0.4, -0.2) is 60.6 Å². The lowest BCUT2D eigenvalue weighted by atomic mass is 9.90. The van der Waals surface area contributed by atoms with Crippen LogP contribution in [0.1, 0.15) is 33.1 Å². The fourth-order valence-electron chi connectivity index (χ4n) is 3.37. The lowest BCUT2D eigenvalue weighted by Crippen LogP contribution is -2.47. The van der Waals surface area contributed by atoms with E-state index < -0.39 is 0 Å². The second-order valence-electron chi connectivity index (χ2n) is 6.68. The molecule has 110 valence electrons. The minimum atomic E-state index is -0.145. The first-order valence-corrected chi connectivity index (χ1v) is 7.41. The molecular formula is C14H28N4O. The predicted octanol–water partition coefficient (Wildman–Crippen LogP) is 0.849. The molecule has 2 rings (SSSR count). The number of urea groups is 1. The first-order valence-electron chi connectivity index (χ1n) is 7.41. The maximum absolute atomic E-state index is 12.2. The number of piperidine rings is 1. The highest BCUT2D eigenvalue weighted by Gasteiger charge is 2.41. The Morgan fingerprint density at radius 3 is 2.79 bits per heavy atom. The summed E-state index contributed by atoms with van der Waals surface area (Å²) in [6.07, 6.45) is 3.30. The van der Waals surface area contributed by atoms with Crippen molar-refractivity contribution in [3.63, 3.8) is 0 Å². The van der Waals surface area contributed by atoms with Gasteiger partial charge in [0.2, 0.25) is 0 Å². The van der Waals surface area contributed by atoms with Crippen LogP contribution in [0.5, 0.6) is 0 Å². The molecule has 2 atom stereocenters. The molecule has 2 fully saturated rings. The van der Waals surface area contributed by atoms with Gasteiger partial charge in [-0.3, -0.25) is 0 Å². The molecule has 2 amide bonds. The molecule has 0 aromatic heterocycles. The van der Waals surface area contributed by atoms with Gasteiger partial charge in [0.25, 0.3) is 0 Å². The second kappa shape index (κ2) is 5.67. The maximum Gasteiger partial charge on any atom is 0.318 e. The van der Waals surface area contributed by atoms with E-state index in [9.17, 15) is 4.79 Å². The number of carbonyl (C=O) groups is 1. The number of nitrogens with one attached hydrogen (secondary N) is 1. The summed E-state index contributed by atoms with van der Waals surface area (Å²) in [5.41, 5.74) is 5.51. The van der Waals surface area contributed by atoms with E-state index >= 15 is 0 Å². The third kappa shape index (κ3) is 3.20. The zero-order chi connectivity index (χ0) is 14.0. The normalized spacial score (nSPS) is 29.7. The second-order valence-corrected chi connectivity index (χ2v) is 6.68. The SMILES string of the molecule is CN1CCCC(C2CN(C(C)(C)CCN)C(=O)N2)C1. The first-order chi connectivity index (χ1) is 8.94. The number of nitrogens with zero attached hydrogens (tertiary/aromatic N) is 2. The van der Waals surface area contributed by atoms with Gasteiger partial charge in [0, 0.05) is 18.6 Å². The van der Waals surface area contributed by atoms with Gasteiger partial charge in [-0.05, 0) is 59.2 Å². The highest BCUT2D eigenvalue weighted by atomic mass is 16.2. The molecule has 2 saturated heterocycles. The molecule has 19 heavy (non-hydrogen) atoms. The van der Waals surface area contributed by atoms with Crippen molar-refractivity contribution < 1.29 is 4.79 Å². The molecule has 0 aromatic rings. The molecule has 2 aliphatic heterocycles. The Morgan fingerprint density at radius 1 is 1.42 bits per heavy atom. The third-order valence-corrected chi connectivity index (χ3v) is 4.65. The van der Waals surface area contributed by atoms with Gasteiger partial charge in [0.05, 0.1) is 6.04 Å². The number of amides is 2. The number of carbonyl (C=O) groups excluding carboxylic acids is 1. The summed E-state index contributed by atoms with van der Waals surface area (Å²) in [5.74, 6) is 0.585. The van der Waals surface area contributed by atoms with E-state index in [1.807, 2.05) is 4.90 Å². The Kier molecular flexibility index (Phi) is 4.36. The van der Waals surface area contributed by atoms with Gasteiger partial charge >= 0.3 is 6.03 Å². The van der Waals surface area contributed by atoms with Crippen LogP contribution in [0.2, 0.25) is 0 Å². The van der Waals surface area contributed by atoms with Crippen molar-refractivity contribution in [2.75, 3.05) is 33.2 Å². The van der Waals surface area contributed by atoms with Crippen LogP contribution in [0.25, 0.3) is 0 Å². The van der Waals surface area contributed by atoms with E-state index in [-0.39, 0.29) is 11.6 Å². The summed E-state index contributed by atoms with van der Waals surface area (Å²) in [4.78, 5) is 16.5. The third-order valence-electron chi connectivity index (χ3n) is 4.65. The fraction of sp³-hybridized carbons (Fsp3) is 0.929. The Labute approximate surface area is 116 Å². The van der Waals surface area contributed by atoms with Gasteiger partial charge in [-0.2, -0.15) is 0 Å². The number of nitrogens with two attached hydrogens (primary N) is 1. The van der Waals surface area contributed by atoms with Gasteiger partial charge in [0.1, 0.15) is 0 Å². The first kappa shape index (κ1) is 14.6. The average molecular weight is 268 g/mol. The van der Waals surface area contributed by atoms with Crippen LogP contribution >= 0.6 is 0 Å². The lowest BCUT2D eigenvalue weighted by Gasteiger charge is -2.36. The van der Waals surface area contributed by atoms with E-state index in [2.05, 4.69) is 31.1 Å². The lowest BCUT2D eigenvalue weighted by molar-refractivity contribution is 0.142. The molecule has 5 heteroatoms. The highest BCUT2D eigenvalue weighted by Crippen LogP contribution is 2.27. The molecular weight excluding hydrogens is 240 g/mol. The number of hydrogen-bond donors (Lipinski definition) is 2. The Hall–Kier alpha value is -0.810. The van der Waals surface area contributed by atoms with E-state index in [1.54, 1.807) is 0 Å². The standard InChI is InChI=1S/C14H28N4O/c1-14(2,6-7-15)18-10-12(16-13(18)19)11-5-4-8-17(3)9-11/h11-12H,4-10,15H2,1-3H3,(H,16,19).